The molecule has 0 bridgehead atoms. The summed E-state index contributed by atoms with van der Waals surface area (Å²) in [4.78, 5) is 19.9. The maximum atomic E-state index is 10.8. The van der Waals surface area contributed by atoms with Gasteiger partial charge < -0.3 is 15.5 Å². The van der Waals surface area contributed by atoms with E-state index in [1.807, 2.05) is 12.1 Å². The van der Waals surface area contributed by atoms with E-state index in [9.17, 15) is 4.57 Å². The second-order valence-corrected chi connectivity index (χ2v) is 9.92. The zero-order valence-corrected chi connectivity index (χ0v) is 18.6. The smallest absolute Gasteiger partial charge is 0.323 e. The van der Waals surface area contributed by atoms with Gasteiger partial charge in [-0.3, -0.25) is 4.52 Å². The van der Waals surface area contributed by atoms with Gasteiger partial charge in [-0.15, -0.1) is 0 Å². The van der Waals surface area contributed by atoms with Crippen molar-refractivity contribution < 1.29 is 18.9 Å². The molecule has 8 heteroatoms. The molecule has 5 nitrogen and oxygen atoms in total. The summed E-state index contributed by atoms with van der Waals surface area (Å²) in [5.74, 6) is 0. The number of phosphoric ester groups is 1. The first-order valence-electron chi connectivity index (χ1n) is 9.12. The van der Waals surface area contributed by atoms with Gasteiger partial charge in [-0.2, -0.15) is 0 Å². The number of hydrogen-bond donors (Lipinski definition) is 3. The minimum Gasteiger partial charge on any atom is -0.323 e. The topological polar surface area (TPSA) is 92.8 Å². The lowest BCUT2D eigenvalue weighted by molar-refractivity contribution is 0.153. The quantitative estimate of drug-likeness (QED) is 0.437. The number of halogens is 1. The molecule has 0 aliphatic carbocycles. The molecule has 2 aromatic rings. The lowest BCUT2D eigenvalue weighted by Crippen LogP contribution is -2.40. The van der Waals surface area contributed by atoms with E-state index in [1.54, 1.807) is 18.7 Å². The molecule has 0 aliphatic heterocycles. The van der Waals surface area contributed by atoms with E-state index in [-0.39, 0.29) is 6.61 Å². The van der Waals surface area contributed by atoms with E-state index in [1.165, 1.54) is 10.5 Å². The fourth-order valence-electron chi connectivity index (χ4n) is 2.75. The average Bonchev–Trinajstić information content (AvgIpc) is 2.61. The van der Waals surface area contributed by atoms with Crippen LogP contribution >= 0.6 is 31.2 Å². The SMILES string of the molecule is CCc1cccc(Sc2ccc(CCC[C@@](C)(N)COP(=O)(O)O)c(Cl)c2)c1. The number of rotatable bonds is 10. The zero-order valence-electron chi connectivity index (χ0n) is 16.1. The van der Waals surface area contributed by atoms with Gasteiger partial charge in [0, 0.05) is 20.4 Å². The van der Waals surface area contributed by atoms with Crippen molar-refractivity contribution in [1.82, 2.24) is 0 Å². The second-order valence-electron chi connectivity index (χ2n) is 7.13. The van der Waals surface area contributed by atoms with Gasteiger partial charge >= 0.3 is 7.82 Å². The summed E-state index contributed by atoms with van der Waals surface area (Å²) >= 11 is 8.14. The number of aryl methyl sites for hydroxylation is 2. The van der Waals surface area contributed by atoms with E-state index in [2.05, 4.69) is 41.8 Å². The van der Waals surface area contributed by atoms with E-state index < -0.39 is 13.4 Å². The number of phosphoric acid groups is 1. The van der Waals surface area contributed by atoms with Crippen molar-refractivity contribution in [3.05, 3.63) is 58.6 Å². The molecule has 0 aliphatic rings. The summed E-state index contributed by atoms with van der Waals surface area (Å²) in [6, 6.07) is 14.5. The van der Waals surface area contributed by atoms with E-state index >= 15 is 0 Å². The summed E-state index contributed by atoms with van der Waals surface area (Å²) in [5, 5.41) is 0.710. The van der Waals surface area contributed by atoms with Crippen LogP contribution in [-0.4, -0.2) is 21.9 Å². The maximum Gasteiger partial charge on any atom is 0.469 e. The van der Waals surface area contributed by atoms with Crippen LogP contribution in [0.1, 0.15) is 37.8 Å². The van der Waals surface area contributed by atoms with Gasteiger partial charge in [0.05, 0.1) is 6.61 Å². The molecule has 28 heavy (non-hydrogen) atoms. The predicted molar refractivity (Wildman–Crippen MR) is 115 cm³/mol. The largest absolute Gasteiger partial charge is 0.469 e. The minimum absolute atomic E-state index is 0.197. The fourth-order valence-corrected chi connectivity index (χ4v) is 4.49. The normalized spacial score (nSPS) is 14.1. The van der Waals surface area contributed by atoms with Gasteiger partial charge in [-0.25, -0.2) is 4.57 Å². The molecule has 4 N–H and O–H groups in total. The van der Waals surface area contributed by atoms with Crippen LogP contribution in [0.4, 0.5) is 0 Å². The van der Waals surface area contributed by atoms with Crippen molar-refractivity contribution in [2.45, 2.75) is 54.9 Å². The van der Waals surface area contributed by atoms with Crippen LogP contribution in [0.5, 0.6) is 0 Å². The lowest BCUT2D eigenvalue weighted by Gasteiger charge is -2.24. The third-order valence-corrected chi connectivity index (χ3v) is 6.12. The Bertz CT molecular complexity index is 841. The molecule has 0 aromatic heterocycles. The van der Waals surface area contributed by atoms with E-state index in [0.717, 1.165) is 29.7 Å². The van der Waals surface area contributed by atoms with Crippen LogP contribution in [0.3, 0.4) is 0 Å². The van der Waals surface area contributed by atoms with Crippen LogP contribution < -0.4 is 5.73 Å². The third kappa shape index (κ3) is 8.26. The molecule has 0 radical (unpaired) electrons. The molecule has 0 spiro atoms. The van der Waals surface area contributed by atoms with E-state index in [0.29, 0.717) is 11.4 Å². The summed E-state index contributed by atoms with van der Waals surface area (Å²) in [5.41, 5.74) is 7.58. The van der Waals surface area contributed by atoms with Crippen LogP contribution in [0.15, 0.2) is 52.3 Å². The molecule has 0 amide bonds. The second kappa shape index (κ2) is 10.3. The Morgan fingerprint density at radius 2 is 1.93 bits per heavy atom. The molecule has 2 rings (SSSR count). The van der Waals surface area contributed by atoms with Crippen LogP contribution in [0, 0.1) is 0 Å². The van der Waals surface area contributed by atoms with Gasteiger partial charge in [0.2, 0.25) is 0 Å². The maximum absolute atomic E-state index is 10.8. The Labute approximate surface area is 175 Å². The molecule has 0 unspecified atom stereocenters. The van der Waals surface area contributed by atoms with Crippen molar-refractivity contribution in [2.75, 3.05) is 6.61 Å². The molecular formula is C20H27ClNO4PS. The summed E-state index contributed by atoms with van der Waals surface area (Å²) in [6.45, 7) is 3.66. The highest BCUT2D eigenvalue weighted by molar-refractivity contribution is 7.99. The molecule has 0 heterocycles. The Balaban J connectivity index is 1.90. The van der Waals surface area contributed by atoms with Crippen molar-refractivity contribution in [1.29, 1.82) is 0 Å². The van der Waals surface area contributed by atoms with Crippen LogP contribution in [-0.2, 0) is 21.9 Å². The number of benzene rings is 2. The van der Waals surface area contributed by atoms with Gasteiger partial charge in [-0.1, -0.05) is 48.5 Å². The van der Waals surface area contributed by atoms with Crippen molar-refractivity contribution in [3.63, 3.8) is 0 Å². The minimum atomic E-state index is -4.50. The Hall–Kier alpha value is -0.850. The first-order valence-corrected chi connectivity index (χ1v) is 11.8. The average molecular weight is 444 g/mol. The van der Waals surface area contributed by atoms with E-state index in [4.69, 9.17) is 27.1 Å². The van der Waals surface area contributed by atoms with Gasteiger partial charge in [0.25, 0.3) is 0 Å². The molecule has 0 saturated heterocycles. The van der Waals surface area contributed by atoms with Crippen molar-refractivity contribution in [3.8, 4) is 0 Å². The summed E-state index contributed by atoms with van der Waals surface area (Å²) in [7, 11) is -4.50. The summed E-state index contributed by atoms with van der Waals surface area (Å²) < 4.78 is 15.3. The predicted octanol–water partition coefficient (Wildman–Crippen LogP) is 5.20. The molecule has 154 valence electrons. The molecule has 0 saturated carbocycles. The van der Waals surface area contributed by atoms with Gasteiger partial charge in [0.1, 0.15) is 0 Å². The first-order chi connectivity index (χ1) is 13.1. The molecule has 0 fully saturated rings. The van der Waals surface area contributed by atoms with Gasteiger partial charge in [0.15, 0.2) is 0 Å². The number of nitrogens with two attached hydrogens (primary N) is 1. The highest BCUT2D eigenvalue weighted by Crippen LogP contribution is 2.37. The Morgan fingerprint density at radius 1 is 1.21 bits per heavy atom. The Kier molecular flexibility index (Phi) is 8.59. The highest BCUT2D eigenvalue weighted by atomic mass is 35.5. The third-order valence-electron chi connectivity index (χ3n) is 4.32. The van der Waals surface area contributed by atoms with Crippen LogP contribution in [0.2, 0.25) is 5.02 Å². The monoisotopic (exact) mass is 443 g/mol. The zero-order chi connectivity index (χ0) is 20.8. The lowest BCUT2D eigenvalue weighted by atomic mass is 9.95. The van der Waals surface area contributed by atoms with Crippen LogP contribution in [0.25, 0.3) is 0 Å². The molecular weight excluding hydrogens is 417 g/mol. The summed E-state index contributed by atoms with van der Waals surface area (Å²) in [6.07, 6.45) is 3.04. The number of hydrogen-bond acceptors (Lipinski definition) is 4. The Morgan fingerprint density at radius 3 is 2.57 bits per heavy atom. The standard InChI is InChI=1S/C20H27ClNO4PS/c1-3-15-6-4-8-17(12-15)28-18-10-9-16(19(21)13-18)7-5-11-20(2,22)14-26-27(23,24)25/h4,6,8-10,12-13H,3,5,7,11,14,22H2,1-2H3,(H2,23,24,25)/t20-/m1/s1. The fraction of sp³-hybridized carbons (Fsp3) is 0.400. The first kappa shape index (κ1) is 23.4. The van der Waals surface area contributed by atoms with Crippen molar-refractivity contribution >= 4 is 31.2 Å². The highest BCUT2D eigenvalue weighted by Gasteiger charge is 2.24. The van der Waals surface area contributed by atoms with Crippen molar-refractivity contribution in [2.24, 2.45) is 5.73 Å². The van der Waals surface area contributed by atoms with Gasteiger partial charge in [-0.05, 0) is 68.0 Å². The molecule has 2 aromatic carbocycles. The molecule has 1 atom stereocenters.